The number of aromatic hydroxyl groups is 1. The molecule has 1 atom stereocenters. The van der Waals surface area contributed by atoms with Crippen LogP contribution in [0.3, 0.4) is 0 Å². The smallest absolute Gasteiger partial charge is 0.255 e. The summed E-state index contributed by atoms with van der Waals surface area (Å²) in [5.41, 5.74) is 2.23. The zero-order valence-electron chi connectivity index (χ0n) is 16.9. The number of carbonyl (C=O) groups is 1. The number of carbonyl (C=O) groups excluding carboxylic acids is 1. The number of hydrogen-bond donors (Lipinski definition) is 2. The molecule has 3 aromatic carbocycles. The Morgan fingerprint density at radius 1 is 1.14 bits per heavy atom. The normalized spacial score (nSPS) is 17.3. The summed E-state index contributed by atoms with van der Waals surface area (Å²) < 4.78 is 0. The van der Waals surface area contributed by atoms with Crippen molar-refractivity contribution < 1.29 is 9.90 Å². The number of amides is 1. The van der Waals surface area contributed by atoms with Crippen molar-refractivity contribution in [3.63, 3.8) is 0 Å². The van der Waals surface area contributed by atoms with Gasteiger partial charge in [-0.3, -0.25) is 9.69 Å². The van der Waals surface area contributed by atoms with Gasteiger partial charge in [0.1, 0.15) is 5.75 Å². The van der Waals surface area contributed by atoms with Crippen LogP contribution in [0.5, 0.6) is 5.75 Å². The fourth-order valence-electron chi connectivity index (χ4n) is 4.27. The lowest BCUT2D eigenvalue weighted by Gasteiger charge is -2.31. The molecule has 0 unspecified atom stereocenters. The SMILES string of the molecule is C[C@@H]1CCCN(Cc2c(O)c(C(=O)NCc3ccccc3)cc3ccccc23)C1. The Morgan fingerprint density at radius 3 is 2.69 bits per heavy atom. The summed E-state index contributed by atoms with van der Waals surface area (Å²) in [6.45, 7) is 5.43. The van der Waals surface area contributed by atoms with E-state index in [9.17, 15) is 9.90 Å². The van der Waals surface area contributed by atoms with Crippen LogP contribution in [0, 0.1) is 5.92 Å². The molecule has 1 aliphatic heterocycles. The van der Waals surface area contributed by atoms with Gasteiger partial charge in [0.05, 0.1) is 5.56 Å². The first-order chi connectivity index (χ1) is 14.1. The molecular weight excluding hydrogens is 360 g/mol. The van der Waals surface area contributed by atoms with Crippen molar-refractivity contribution in [2.24, 2.45) is 5.92 Å². The second-order valence-corrected chi connectivity index (χ2v) is 8.12. The predicted octanol–water partition coefficient (Wildman–Crippen LogP) is 4.71. The van der Waals surface area contributed by atoms with Crippen LogP contribution in [0.25, 0.3) is 10.8 Å². The number of hydrogen-bond acceptors (Lipinski definition) is 3. The minimum atomic E-state index is -0.245. The first-order valence-corrected chi connectivity index (χ1v) is 10.4. The molecule has 29 heavy (non-hydrogen) atoms. The van der Waals surface area contributed by atoms with E-state index < -0.39 is 0 Å². The summed E-state index contributed by atoms with van der Waals surface area (Å²) in [6.07, 6.45) is 2.43. The highest BCUT2D eigenvalue weighted by Gasteiger charge is 2.22. The largest absolute Gasteiger partial charge is 0.507 e. The van der Waals surface area contributed by atoms with Crippen molar-refractivity contribution >= 4 is 16.7 Å². The van der Waals surface area contributed by atoms with Gasteiger partial charge in [0.25, 0.3) is 5.91 Å². The number of benzene rings is 3. The molecule has 0 bridgehead atoms. The maximum absolute atomic E-state index is 12.9. The van der Waals surface area contributed by atoms with E-state index in [1.165, 1.54) is 12.8 Å². The lowest BCUT2D eigenvalue weighted by atomic mass is 9.96. The van der Waals surface area contributed by atoms with E-state index in [1.54, 1.807) is 6.07 Å². The van der Waals surface area contributed by atoms with Gasteiger partial charge >= 0.3 is 0 Å². The van der Waals surface area contributed by atoms with Crippen molar-refractivity contribution in [3.05, 3.63) is 77.4 Å². The Morgan fingerprint density at radius 2 is 1.90 bits per heavy atom. The van der Waals surface area contributed by atoms with Crippen molar-refractivity contribution in [2.45, 2.75) is 32.9 Å². The molecule has 1 fully saturated rings. The Bertz CT molecular complexity index is 1000. The van der Waals surface area contributed by atoms with Gasteiger partial charge < -0.3 is 10.4 Å². The van der Waals surface area contributed by atoms with Crippen LogP contribution in [0.1, 0.15) is 41.3 Å². The van der Waals surface area contributed by atoms with Crippen molar-refractivity contribution in [1.29, 1.82) is 0 Å². The molecule has 0 saturated carbocycles. The molecule has 1 amide bonds. The van der Waals surface area contributed by atoms with Crippen LogP contribution in [-0.2, 0) is 13.1 Å². The number of rotatable bonds is 5. The third-order valence-corrected chi connectivity index (χ3v) is 5.79. The van der Waals surface area contributed by atoms with Crippen molar-refractivity contribution in [3.8, 4) is 5.75 Å². The average molecular weight is 389 g/mol. The summed E-state index contributed by atoms with van der Waals surface area (Å²) in [6, 6.07) is 19.6. The van der Waals surface area contributed by atoms with Gasteiger partial charge in [0.15, 0.2) is 0 Å². The number of phenols is 1. The third kappa shape index (κ3) is 4.43. The van der Waals surface area contributed by atoms with Crippen molar-refractivity contribution in [2.75, 3.05) is 13.1 Å². The van der Waals surface area contributed by atoms with Gasteiger partial charge in [-0.25, -0.2) is 0 Å². The Labute approximate surface area is 172 Å². The average Bonchev–Trinajstić information content (AvgIpc) is 2.74. The van der Waals surface area contributed by atoms with Gasteiger partial charge in [-0.1, -0.05) is 61.5 Å². The Kier molecular flexibility index (Phi) is 5.81. The molecule has 1 saturated heterocycles. The summed E-state index contributed by atoms with van der Waals surface area (Å²) >= 11 is 0. The predicted molar refractivity (Wildman–Crippen MR) is 117 cm³/mol. The first kappa shape index (κ1) is 19.5. The quantitative estimate of drug-likeness (QED) is 0.666. The highest BCUT2D eigenvalue weighted by molar-refractivity contribution is 6.03. The molecule has 0 aliphatic carbocycles. The van der Waals surface area contributed by atoms with Gasteiger partial charge in [-0.05, 0) is 47.7 Å². The maximum Gasteiger partial charge on any atom is 0.255 e. The summed E-state index contributed by atoms with van der Waals surface area (Å²) in [5, 5.41) is 16.0. The highest BCUT2D eigenvalue weighted by Crippen LogP contribution is 2.33. The number of likely N-dealkylation sites (tertiary alicyclic amines) is 1. The molecule has 0 radical (unpaired) electrons. The number of phenolic OH excluding ortho intramolecular Hbond substituents is 1. The molecule has 0 spiro atoms. The molecule has 1 aliphatic rings. The Hall–Kier alpha value is -2.85. The van der Waals surface area contributed by atoms with Gasteiger partial charge in [-0.15, -0.1) is 0 Å². The number of nitrogens with one attached hydrogen (secondary N) is 1. The summed E-state index contributed by atoms with van der Waals surface area (Å²) in [7, 11) is 0. The van der Waals surface area contributed by atoms with E-state index in [1.807, 2.05) is 54.6 Å². The molecule has 0 aromatic heterocycles. The fourth-order valence-corrected chi connectivity index (χ4v) is 4.27. The van der Waals surface area contributed by atoms with Crippen LogP contribution in [-0.4, -0.2) is 29.0 Å². The van der Waals surface area contributed by atoms with E-state index in [0.717, 1.165) is 35.0 Å². The number of piperidine rings is 1. The molecule has 4 nitrogen and oxygen atoms in total. The minimum Gasteiger partial charge on any atom is -0.507 e. The highest BCUT2D eigenvalue weighted by atomic mass is 16.3. The van der Waals surface area contributed by atoms with Crippen LogP contribution in [0.4, 0.5) is 0 Å². The van der Waals surface area contributed by atoms with Gasteiger partial charge in [0, 0.05) is 25.2 Å². The zero-order valence-corrected chi connectivity index (χ0v) is 16.9. The third-order valence-electron chi connectivity index (χ3n) is 5.79. The molecule has 4 heteroatoms. The van der Waals surface area contributed by atoms with Crippen LogP contribution < -0.4 is 5.32 Å². The molecular formula is C25H28N2O2. The molecule has 1 heterocycles. The first-order valence-electron chi connectivity index (χ1n) is 10.4. The van der Waals surface area contributed by atoms with Crippen LogP contribution >= 0.6 is 0 Å². The van der Waals surface area contributed by atoms with Crippen molar-refractivity contribution in [1.82, 2.24) is 10.2 Å². The standard InChI is InChI=1S/C25H28N2O2/c1-18-8-7-13-27(16-18)17-23-21-12-6-5-11-20(21)14-22(24(23)28)25(29)26-15-19-9-3-2-4-10-19/h2-6,9-12,14,18,28H,7-8,13,15-17H2,1H3,(H,26,29)/t18-/m1/s1. The van der Waals surface area contributed by atoms with E-state index >= 15 is 0 Å². The molecule has 150 valence electrons. The van der Waals surface area contributed by atoms with E-state index in [4.69, 9.17) is 0 Å². The Balaban J connectivity index is 1.63. The monoisotopic (exact) mass is 388 g/mol. The maximum atomic E-state index is 12.9. The number of fused-ring (bicyclic) bond motifs is 1. The summed E-state index contributed by atoms with van der Waals surface area (Å²) in [4.78, 5) is 15.3. The topological polar surface area (TPSA) is 52.6 Å². The lowest BCUT2D eigenvalue weighted by molar-refractivity contribution is 0.0948. The number of nitrogens with zero attached hydrogens (tertiary/aromatic N) is 1. The van der Waals surface area contributed by atoms with E-state index in [0.29, 0.717) is 24.6 Å². The molecule has 4 rings (SSSR count). The second-order valence-electron chi connectivity index (χ2n) is 8.12. The van der Waals surface area contributed by atoms with E-state index in [2.05, 4.69) is 17.1 Å². The van der Waals surface area contributed by atoms with Crippen LogP contribution in [0.2, 0.25) is 0 Å². The second kappa shape index (κ2) is 8.66. The molecule has 2 N–H and O–H groups in total. The zero-order chi connectivity index (χ0) is 20.2. The minimum absolute atomic E-state index is 0.104. The van der Waals surface area contributed by atoms with Gasteiger partial charge in [-0.2, -0.15) is 0 Å². The fraction of sp³-hybridized carbons (Fsp3) is 0.320. The molecule has 3 aromatic rings. The van der Waals surface area contributed by atoms with E-state index in [-0.39, 0.29) is 11.7 Å². The lowest BCUT2D eigenvalue weighted by Crippen LogP contribution is -2.34. The van der Waals surface area contributed by atoms with Gasteiger partial charge in [0.2, 0.25) is 0 Å². The summed E-state index contributed by atoms with van der Waals surface area (Å²) in [5.74, 6) is 0.521. The van der Waals surface area contributed by atoms with Crippen LogP contribution in [0.15, 0.2) is 60.7 Å².